The Balaban J connectivity index is 2.06. The molecule has 0 aromatic rings. The lowest BCUT2D eigenvalue weighted by atomic mass is 10.1. The van der Waals surface area contributed by atoms with Crippen LogP contribution in [0.1, 0.15) is 20.8 Å². The molecule has 1 aliphatic heterocycles. The summed E-state index contributed by atoms with van der Waals surface area (Å²) in [6.07, 6.45) is 17.7. The van der Waals surface area contributed by atoms with Crippen molar-refractivity contribution in [2.45, 2.75) is 37.8 Å². The SMILES string of the molecule is CC(C)(C)N1C=CC=CC1PC1C=CC=C1. The second-order valence-electron chi connectivity index (χ2n) is 5.21. The summed E-state index contributed by atoms with van der Waals surface area (Å²) in [7, 11) is 0.903. The van der Waals surface area contributed by atoms with Crippen LogP contribution < -0.4 is 0 Å². The summed E-state index contributed by atoms with van der Waals surface area (Å²) >= 11 is 0. The molecular weight excluding hydrogens is 213 g/mol. The van der Waals surface area contributed by atoms with Gasteiger partial charge in [0.1, 0.15) is 0 Å². The second-order valence-corrected chi connectivity index (χ2v) is 6.80. The molecule has 0 N–H and O–H groups in total. The molecule has 0 saturated heterocycles. The average Bonchev–Trinajstić information content (AvgIpc) is 2.70. The Labute approximate surface area is 100 Å². The molecule has 0 radical (unpaired) electrons. The Kier molecular flexibility index (Phi) is 3.35. The van der Waals surface area contributed by atoms with Gasteiger partial charge in [0.15, 0.2) is 0 Å². The van der Waals surface area contributed by atoms with E-state index in [-0.39, 0.29) is 5.54 Å². The minimum atomic E-state index is 0.199. The molecule has 0 amide bonds. The molecule has 1 nitrogen and oxygen atoms in total. The fourth-order valence-electron chi connectivity index (χ4n) is 2.01. The summed E-state index contributed by atoms with van der Waals surface area (Å²) in [6, 6.07) is 0. The zero-order valence-electron chi connectivity index (χ0n) is 10.2. The molecule has 0 spiro atoms. The molecule has 1 aliphatic carbocycles. The Bertz CT molecular complexity index is 345. The average molecular weight is 233 g/mol. The first-order valence-corrected chi connectivity index (χ1v) is 6.97. The maximum Gasteiger partial charge on any atom is 0.0652 e. The van der Waals surface area contributed by atoms with Crippen LogP contribution in [0.25, 0.3) is 0 Å². The van der Waals surface area contributed by atoms with Crippen molar-refractivity contribution in [1.29, 1.82) is 0 Å². The fraction of sp³-hybridized carbons (Fsp3) is 0.429. The molecule has 86 valence electrons. The van der Waals surface area contributed by atoms with Crippen molar-refractivity contribution in [1.82, 2.24) is 4.90 Å². The maximum absolute atomic E-state index is 2.46. The molecule has 2 unspecified atom stereocenters. The van der Waals surface area contributed by atoms with Crippen molar-refractivity contribution in [3.05, 3.63) is 48.7 Å². The first-order valence-electron chi connectivity index (χ1n) is 5.82. The summed E-state index contributed by atoms with van der Waals surface area (Å²) in [6.45, 7) is 6.82. The van der Waals surface area contributed by atoms with Crippen LogP contribution in [0.4, 0.5) is 0 Å². The van der Waals surface area contributed by atoms with Gasteiger partial charge in [-0.15, -0.1) is 0 Å². The maximum atomic E-state index is 2.46. The van der Waals surface area contributed by atoms with Gasteiger partial charge in [-0.1, -0.05) is 45.0 Å². The van der Waals surface area contributed by atoms with Gasteiger partial charge >= 0.3 is 0 Å². The van der Waals surface area contributed by atoms with E-state index in [1.165, 1.54) is 0 Å². The van der Waals surface area contributed by atoms with Crippen molar-refractivity contribution < 1.29 is 0 Å². The largest absolute Gasteiger partial charge is 0.363 e. The molecular formula is C14H20NP. The van der Waals surface area contributed by atoms with E-state index in [4.69, 9.17) is 0 Å². The highest BCUT2D eigenvalue weighted by Crippen LogP contribution is 2.37. The van der Waals surface area contributed by atoms with Crippen molar-refractivity contribution in [3.8, 4) is 0 Å². The van der Waals surface area contributed by atoms with Crippen molar-refractivity contribution in [2.24, 2.45) is 0 Å². The zero-order valence-corrected chi connectivity index (χ0v) is 11.2. The molecule has 0 saturated carbocycles. The first kappa shape index (κ1) is 11.7. The van der Waals surface area contributed by atoms with E-state index in [1.54, 1.807) is 0 Å². The Morgan fingerprint density at radius 1 is 0.938 bits per heavy atom. The Morgan fingerprint density at radius 3 is 2.19 bits per heavy atom. The van der Waals surface area contributed by atoms with Gasteiger partial charge in [0.25, 0.3) is 0 Å². The normalized spacial score (nSPS) is 25.4. The van der Waals surface area contributed by atoms with Gasteiger partial charge in [-0.2, -0.15) is 0 Å². The predicted octanol–water partition coefficient (Wildman–Crippen LogP) is 3.67. The first-order chi connectivity index (χ1) is 7.57. The monoisotopic (exact) mass is 233 g/mol. The van der Waals surface area contributed by atoms with E-state index in [0.717, 1.165) is 8.58 Å². The molecule has 0 bridgehead atoms. The Hall–Kier alpha value is -0.810. The van der Waals surface area contributed by atoms with Crippen LogP contribution in [-0.2, 0) is 0 Å². The predicted molar refractivity (Wildman–Crippen MR) is 74.0 cm³/mol. The van der Waals surface area contributed by atoms with Crippen LogP contribution in [0.2, 0.25) is 0 Å². The summed E-state index contributed by atoms with van der Waals surface area (Å²) < 4.78 is 0. The molecule has 2 aliphatic rings. The molecule has 0 aromatic heterocycles. The number of hydrogen-bond donors (Lipinski definition) is 0. The van der Waals surface area contributed by atoms with E-state index in [1.807, 2.05) is 0 Å². The van der Waals surface area contributed by atoms with E-state index < -0.39 is 0 Å². The molecule has 2 heteroatoms. The topological polar surface area (TPSA) is 3.24 Å². The molecule has 2 atom stereocenters. The van der Waals surface area contributed by atoms with Gasteiger partial charge in [0.05, 0.1) is 5.78 Å². The molecule has 2 rings (SSSR count). The highest BCUT2D eigenvalue weighted by atomic mass is 31.1. The zero-order chi connectivity index (χ0) is 11.6. The molecule has 0 fully saturated rings. The van der Waals surface area contributed by atoms with E-state index in [9.17, 15) is 0 Å². The summed E-state index contributed by atoms with van der Waals surface area (Å²) in [5.41, 5.74) is 0.830. The lowest BCUT2D eigenvalue weighted by molar-refractivity contribution is 0.207. The number of nitrogens with zero attached hydrogens (tertiary/aromatic N) is 1. The third kappa shape index (κ3) is 2.65. The van der Waals surface area contributed by atoms with Gasteiger partial charge in [-0.3, -0.25) is 0 Å². The van der Waals surface area contributed by atoms with Crippen LogP contribution in [0.3, 0.4) is 0 Å². The second kappa shape index (κ2) is 4.59. The molecule has 0 aromatic carbocycles. The van der Waals surface area contributed by atoms with E-state index in [2.05, 4.69) is 74.4 Å². The van der Waals surface area contributed by atoms with Gasteiger partial charge in [0.2, 0.25) is 0 Å². The molecule has 16 heavy (non-hydrogen) atoms. The summed E-state index contributed by atoms with van der Waals surface area (Å²) in [5.74, 6) is 0.544. The summed E-state index contributed by atoms with van der Waals surface area (Å²) in [5, 5.41) is 0. The van der Waals surface area contributed by atoms with Crippen molar-refractivity contribution >= 4 is 8.58 Å². The highest BCUT2D eigenvalue weighted by Gasteiger charge is 2.26. The van der Waals surface area contributed by atoms with Gasteiger partial charge in [-0.05, 0) is 26.8 Å². The highest BCUT2D eigenvalue weighted by molar-refractivity contribution is 7.40. The fourth-order valence-corrected chi connectivity index (χ4v) is 3.71. The Morgan fingerprint density at radius 2 is 1.56 bits per heavy atom. The van der Waals surface area contributed by atoms with E-state index >= 15 is 0 Å². The van der Waals surface area contributed by atoms with Crippen LogP contribution in [-0.4, -0.2) is 21.9 Å². The van der Waals surface area contributed by atoms with Crippen LogP contribution in [0.5, 0.6) is 0 Å². The van der Waals surface area contributed by atoms with Crippen LogP contribution in [0, 0.1) is 0 Å². The number of rotatable bonds is 2. The quantitative estimate of drug-likeness (QED) is 0.658. The minimum Gasteiger partial charge on any atom is -0.363 e. The third-order valence-corrected chi connectivity index (χ3v) is 4.42. The third-order valence-electron chi connectivity index (χ3n) is 2.84. The van der Waals surface area contributed by atoms with Crippen LogP contribution in [0.15, 0.2) is 48.7 Å². The van der Waals surface area contributed by atoms with Crippen LogP contribution >= 0.6 is 8.58 Å². The van der Waals surface area contributed by atoms with E-state index in [0.29, 0.717) is 11.4 Å². The van der Waals surface area contributed by atoms with Gasteiger partial charge < -0.3 is 4.90 Å². The smallest absolute Gasteiger partial charge is 0.0652 e. The lowest BCUT2D eigenvalue weighted by Crippen LogP contribution is -2.42. The van der Waals surface area contributed by atoms with Gasteiger partial charge in [-0.25, -0.2) is 0 Å². The van der Waals surface area contributed by atoms with Crippen molar-refractivity contribution in [3.63, 3.8) is 0 Å². The number of allylic oxidation sites excluding steroid dienone is 6. The van der Waals surface area contributed by atoms with Gasteiger partial charge in [0, 0.05) is 17.4 Å². The number of hydrogen-bond acceptors (Lipinski definition) is 1. The lowest BCUT2D eigenvalue weighted by Gasteiger charge is -2.41. The van der Waals surface area contributed by atoms with Crippen molar-refractivity contribution in [2.75, 3.05) is 0 Å². The molecule has 1 heterocycles. The minimum absolute atomic E-state index is 0.199. The standard InChI is InChI=1S/C14H20NP/c1-14(2,3)15-11-7-6-10-13(15)16-12-8-4-5-9-12/h4-13,16H,1-3H3. The summed E-state index contributed by atoms with van der Waals surface area (Å²) in [4.78, 5) is 2.46.